The van der Waals surface area contributed by atoms with Gasteiger partial charge in [-0.1, -0.05) is 39.0 Å². The Hall–Kier alpha value is -1.40. The summed E-state index contributed by atoms with van der Waals surface area (Å²) in [5.74, 6) is 0.0247. The summed E-state index contributed by atoms with van der Waals surface area (Å²) in [6, 6.07) is 0. The van der Waals surface area contributed by atoms with E-state index in [2.05, 4.69) is 17.2 Å². The fourth-order valence-electron chi connectivity index (χ4n) is 2.58. The molecule has 2 aromatic rings. The second kappa shape index (κ2) is 11.2. The molecule has 0 bridgehead atoms. The predicted molar refractivity (Wildman–Crippen MR) is 98.6 cm³/mol. The summed E-state index contributed by atoms with van der Waals surface area (Å²) in [7, 11) is 0. The molecule has 0 saturated heterocycles. The fraction of sp³-hybridized carbons (Fsp3) is 0.667. The Bertz CT molecular complexity index is 565. The lowest BCUT2D eigenvalue weighted by Gasteiger charge is -2.06. The van der Waals surface area contributed by atoms with Crippen molar-refractivity contribution in [3.8, 4) is 0 Å². The Morgan fingerprint density at radius 2 is 2.00 bits per heavy atom. The zero-order valence-corrected chi connectivity index (χ0v) is 15.4. The minimum Gasteiger partial charge on any atom is -0.381 e. The number of carbonyl (C=O) groups excluding carboxylic acids is 1. The van der Waals surface area contributed by atoms with Gasteiger partial charge in [-0.3, -0.25) is 9.20 Å². The molecule has 2 rings (SSSR count). The van der Waals surface area contributed by atoms with Crippen LogP contribution >= 0.6 is 11.3 Å². The highest BCUT2D eigenvalue weighted by atomic mass is 32.1. The maximum Gasteiger partial charge on any atom is 0.226 e. The van der Waals surface area contributed by atoms with Gasteiger partial charge >= 0.3 is 0 Å². The number of thiazole rings is 1. The molecule has 6 heteroatoms. The topological polar surface area (TPSA) is 55.6 Å². The lowest BCUT2D eigenvalue weighted by atomic mass is 10.1. The van der Waals surface area contributed by atoms with Crippen molar-refractivity contribution in [1.29, 1.82) is 0 Å². The molecule has 0 spiro atoms. The molecule has 24 heavy (non-hydrogen) atoms. The average molecular weight is 352 g/mol. The van der Waals surface area contributed by atoms with Gasteiger partial charge in [0.2, 0.25) is 5.91 Å². The van der Waals surface area contributed by atoms with E-state index in [9.17, 15) is 4.79 Å². The van der Waals surface area contributed by atoms with Gasteiger partial charge in [0.25, 0.3) is 0 Å². The third-order valence-corrected chi connectivity index (χ3v) is 4.69. The Labute approximate surface area is 148 Å². The highest BCUT2D eigenvalue weighted by molar-refractivity contribution is 7.15. The molecule has 0 radical (unpaired) electrons. The van der Waals surface area contributed by atoms with E-state index in [0.29, 0.717) is 13.0 Å². The second-order valence-corrected chi connectivity index (χ2v) is 6.96. The van der Waals surface area contributed by atoms with Crippen molar-refractivity contribution >= 4 is 22.2 Å². The zero-order valence-electron chi connectivity index (χ0n) is 14.6. The van der Waals surface area contributed by atoms with Crippen molar-refractivity contribution in [3.05, 3.63) is 23.5 Å². The molecule has 0 aliphatic carbocycles. The van der Waals surface area contributed by atoms with Crippen molar-refractivity contribution in [2.75, 3.05) is 19.8 Å². The zero-order chi connectivity index (χ0) is 17.0. The van der Waals surface area contributed by atoms with Gasteiger partial charge in [-0.2, -0.15) is 0 Å². The molecule has 2 aromatic heterocycles. The number of hydrogen-bond acceptors (Lipinski definition) is 4. The van der Waals surface area contributed by atoms with Crippen LogP contribution in [0.5, 0.6) is 0 Å². The van der Waals surface area contributed by atoms with Gasteiger partial charge in [0.05, 0.1) is 12.1 Å². The molecule has 0 atom stereocenters. The lowest BCUT2D eigenvalue weighted by molar-refractivity contribution is -0.120. The highest BCUT2D eigenvalue weighted by Gasteiger charge is 2.07. The number of amides is 1. The molecular weight excluding hydrogens is 322 g/mol. The minimum absolute atomic E-state index is 0.0247. The maximum atomic E-state index is 11.9. The van der Waals surface area contributed by atoms with Crippen molar-refractivity contribution < 1.29 is 9.53 Å². The molecule has 0 aliphatic heterocycles. The fourth-order valence-corrected chi connectivity index (χ4v) is 3.30. The Kier molecular flexibility index (Phi) is 8.84. The van der Waals surface area contributed by atoms with E-state index < -0.39 is 0 Å². The Balaban J connectivity index is 1.43. The molecule has 0 unspecified atom stereocenters. The van der Waals surface area contributed by atoms with Gasteiger partial charge in [-0.15, -0.1) is 11.3 Å². The summed E-state index contributed by atoms with van der Waals surface area (Å²) in [5.41, 5.74) is 0.818. The first-order valence-corrected chi connectivity index (χ1v) is 9.93. The standard InChI is InChI=1S/C18H29N3O2S/c1-2-3-4-5-6-7-11-23-12-8-9-19-17(22)14-16-15-21-10-13-24-18(21)20-16/h10,13,15H,2-9,11-12,14H2,1H3,(H,19,22). The van der Waals surface area contributed by atoms with E-state index >= 15 is 0 Å². The van der Waals surface area contributed by atoms with Crippen LogP contribution in [0, 0.1) is 0 Å². The van der Waals surface area contributed by atoms with Gasteiger partial charge in [-0.25, -0.2) is 4.98 Å². The lowest BCUT2D eigenvalue weighted by Crippen LogP contribution is -2.27. The molecule has 1 N–H and O–H groups in total. The molecule has 0 aliphatic rings. The number of imidazole rings is 1. The third kappa shape index (κ3) is 7.01. The van der Waals surface area contributed by atoms with Crippen molar-refractivity contribution in [2.45, 2.75) is 58.3 Å². The second-order valence-electron chi connectivity index (χ2n) is 6.09. The Morgan fingerprint density at radius 3 is 2.83 bits per heavy atom. The SMILES string of the molecule is CCCCCCCCOCCCNC(=O)Cc1cn2ccsc2n1. The summed E-state index contributed by atoms with van der Waals surface area (Å²) >= 11 is 1.57. The average Bonchev–Trinajstić information content (AvgIpc) is 3.14. The largest absolute Gasteiger partial charge is 0.381 e. The molecule has 0 fully saturated rings. The van der Waals surface area contributed by atoms with Crippen LogP contribution in [0.3, 0.4) is 0 Å². The van der Waals surface area contributed by atoms with Crippen molar-refractivity contribution in [1.82, 2.24) is 14.7 Å². The number of nitrogens with zero attached hydrogens (tertiary/aromatic N) is 2. The summed E-state index contributed by atoms with van der Waals surface area (Å²) in [6.45, 7) is 4.46. The van der Waals surface area contributed by atoms with Crippen LogP contribution in [-0.2, 0) is 16.0 Å². The van der Waals surface area contributed by atoms with E-state index in [0.717, 1.165) is 36.7 Å². The first-order valence-electron chi connectivity index (χ1n) is 9.05. The van der Waals surface area contributed by atoms with Crippen LogP contribution < -0.4 is 5.32 Å². The summed E-state index contributed by atoms with van der Waals surface area (Å²) < 4.78 is 7.55. The van der Waals surface area contributed by atoms with Crippen LogP contribution in [0.25, 0.3) is 4.96 Å². The van der Waals surface area contributed by atoms with E-state index in [1.165, 1.54) is 32.1 Å². The predicted octanol–water partition coefficient (Wildman–Crippen LogP) is 3.82. The number of unbranched alkanes of at least 4 members (excludes halogenated alkanes) is 5. The third-order valence-electron chi connectivity index (χ3n) is 3.91. The van der Waals surface area contributed by atoms with Gasteiger partial charge < -0.3 is 10.1 Å². The molecule has 0 aromatic carbocycles. The van der Waals surface area contributed by atoms with E-state index in [-0.39, 0.29) is 5.91 Å². The smallest absolute Gasteiger partial charge is 0.226 e. The summed E-state index contributed by atoms with van der Waals surface area (Å²) in [5, 5.41) is 4.91. The number of rotatable bonds is 13. The van der Waals surface area contributed by atoms with Gasteiger partial charge in [0.15, 0.2) is 4.96 Å². The number of fused-ring (bicyclic) bond motifs is 1. The van der Waals surface area contributed by atoms with Crippen LogP contribution in [-0.4, -0.2) is 35.1 Å². The number of ether oxygens (including phenoxy) is 1. The molecule has 5 nitrogen and oxygen atoms in total. The van der Waals surface area contributed by atoms with E-state index in [4.69, 9.17) is 4.74 Å². The van der Waals surface area contributed by atoms with Gasteiger partial charge in [-0.05, 0) is 12.8 Å². The number of hydrogen-bond donors (Lipinski definition) is 1. The van der Waals surface area contributed by atoms with Crippen LogP contribution in [0.1, 0.15) is 57.6 Å². The molecule has 1 amide bonds. The molecular formula is C18H29N3O2S. The van der Waals surface area contributed by atoms with Crippen LogP contribution in [0.15, 0.2) is 17.8 Å². The van der Waals surface area contributed by atoms with E-state index in [1.54, 1.807) is 11.3 Å². The minimum atomic E-state index is 0.0247. The molecule has 0 saturated carbocycles. The Morgan fingerprint density at radius 1 is 1.21 bits per heavy atom. The maximum absolute atomic E-state index is 11.9. The highest BCUT2D eigenvalue weighted by Crippen LogP contribution is 2.11. The normalized spacial score (nSPS) is 11.2. The first kappa shape index (κ1) is 18.9. The van der Waals surface area contributed by atoms with Crippen molar-refractivity contribution in [2.24, 2.45) is 0 Å². The number of carbonyl (C=O) groups is 1. The quantitative estimate of drug-likeness (QED) is 0.558. The first-order chi connectivity index (χ1) is 11.8. The monoisotopic (exact) mass is 351 g/mol. The van der Waals surface area contributed by atoms with Gasteiger partial charge in [0.1, 0.15) is 0 Å². The van der Waals surface area contributed by atoms with Crippen LogP contribution in [0.4, 0.5) is 0 Å². The van der Waals surface area contributed by atoms with E-state index in [1.807, 2.05) is 22.2 Å². The van der Waals surface area contributed by atoms with Gasteiger partial charge in [0, 0.05) is 37.5 Å². The molecule has 2 heterocycles. The van der Waals surface area contributed by atoms with Crippen LogP contribution in [0.2, 0.25) is 0 Å². The summed E-state index contributed by atoms with van der Waals surface area (Å²) in [6.07, 6.45) is 12.8. The summed E-state index contributed by atoms with van der Waals surface area (Å²) in [4.78, 5) is 17.2. The molecule has 134 valence electrons. The van der Waals surface area contributed by atoms with Crippen molar-refractivity contribution in [3.63, 3.8) is 0 Å². The number of nitrogens with one attached hydrogen (secondary N) is 1. The number of aromatic nitrogens is 2.